The largest absolute Gasteiger partial charge is 0.497 e. The minimum atomic E-state index is -0.419. The second-order valence-electron chi connectivity index (χ2n) is 7.96. The van der Waals surface area contributed by atoms with Crippen LogP contribution in [0.15, 0.2) is 66.7 Å². The number of fused-ring (bicyclic) bond motifs is 1. The molecule has 172 valence electrons. The fourth-order valence-corrected chi connectivity index (χ4v) is 5.16. The van der Waals surface area contributed by atoms with Gasteiger partial charge in [-0.1, -0.05) is 29.5 Å². The van der Waals surface area contributed by atoms with Crippen molar-refractivity contribution in [3.8, 4) is 5.75 Å². The molecule has 1 aliphatic heterocycles. The number of aromatic nitrogens is 1. The Labute approximate surface area is 200 Å². The fourth-order valence-electron chi connectivity index (χ4n) is 4.18. The van der Waals surface area contributed by atoms with Crippen molar-refractivity contribution >= 4 is 49.7 Å². The van der Waals surface area contributed by atoms with Crippen LogP contribution in [-0.2, 0) is 0 Å². The molecule has 1 aliphatic rings. The number of nitro benzene ring substituents is 1. The molecular formula is C25H22N4O4S. The summed E-state index contributed by atoms with van der Waals surface area (Å²) in [6.45, 7) is 1.55. The van der Waals surface area contributed by atoms with Gasteiger partial charge in [0.05, 0.1) is 27.9 Å². The summed E-state index contributed by atoms with van der Waals surface area (Å²) in [5.74, 6) is 0.190. The van der Waals surface area contributed by atoms with E-state index < -0.39 is 10.8 Å². The number of nitro groups is 1. The third-order valence-corrected chi connectivity index (χ3v) is 6.88. The van der Waals surface area contributed by atoms with E-state index in [1.165, 1.54) is 22.3 Å². The number of para-hydroxylation sites is 1. The molecule has 5 rings (SSSR count). The van der Waals surface area contributed by atoms with E-state index in [1.807, 2.05) is 29.2 Å². The highest BCUT2D eigenvalue weighted by molar-refractivity contribution is 7.22. The van der Waals surface area contributed by atoms with Crippen molar-refractivity contribution in [2.24, 2.45) is 0 Å². The van der Waals surface area contributed by atoms with Gasteiger partial charge in [-0.05, 0) is 49.2 Å². The van der Waals surface area contributed by atoms with Crippen molar-refractivity contribution in [2.75, 3.05) is 30.0 Å². The van der Waals surface area contributed by atoms with Gasteiger partial charge < -0.3 is 9.64 Å². The predicted molar refractivity (Wildman–Crippen MR) is 134 cm³/mol. The smallest absolute Gasteiger partial charge is 0.293 e. The number of hydrogen-bond donors (Lipinski definition) is 0. The number of hydrogen-bond acceptors (Lipinski definition) is 7. The van der Waals surface area contributed by atoms with Crippen LogP contribution in [-0.4, -0.2) is 36.0 Å². The average Bonchev–Trinajstić information content (AvgIpc) is 3.54. The van der Waals surface area contributed by atoms with Crippen LogP contribution in [0.4, 0.5) is 22.2 Å². The molecule has 8 nitrogen and oxygen atoms in total. The Kier molecular flexibility index (Phi) is 5.85. The van der Waals surface area contributed by atoms with Gasteiger partial charge in [-0.3, -0.25) is 19.8 Å². The normalized spacial score (nSPS) is 13.3. The van der Waals surface area contributed by atoms with Crippen molar-refractivity contribution in [3.63, 3.8) is 0 Å². The van der Waals surface area contributed by atoms with Crippen LogP contribution in [0.1, 0.15) is 23.2 Å². The summed E-state index contributed by atoms with van der Waals surface area (Å²) in [7, 11) is 1.56. The van der Waals surface area contributed by atoms with Gasteiger partial charge in [-0.15, -0.1) is 0 Å². The molecule has 1 aromatic heterocycles. The molecule has 0 saturated carbocycles. The highest BCUT2D eigenvalue weighted by Crippen LogP contribution is 2.37. The molecule has 9 heteroatoms. The van der Waals surface area contributed by atoms with Gasteiger partial charge in [0.25, 0.3) is 11.6 Å². The quantitative estimate of drug-likeness (QED) is 0.260. The fraction of sp³-hybridized carbons (Fsp3) is 0.200. The number of ether oxygens (including phenoxy) is 1. The summed E-state index contributed by atoms with van der Waals surface area (Å²) in [6.07, 6.45) is 2.00. The molecule has 0 aliphatic carbocycles. The number of carbonyl (C=O) groups excluding carboxylic acids is 1. The van der Waals surface area contributed by atoms with Crippen molar-refractivity contribution in [1.82, 2.24) is 4.98 Å². The Morgan fingerprint density at radius 2 is 1.88 bits per heavy atom. The van der Waals surface area contributed by atoms with E-state index in [9.17, 15) is 14.9 Å². The Bertz CT molecular complexity index is 1350. The number of amides is 1. The third-order valence-electron chi connectivity index (χ3n) is 5.85. The van der Waals surface area contributed by atoms with Crippen LogP contribution in [0.3, 0.4) is 0 Å². The number of nitrogens with zero attached hydrogens (tertiary/aromatic N) is 4. The SMILES string of the molecule is COc1cccc(N(C(=O)c2ccc(N3CCCC3)c([N+](=O)[O-])c2)c2nc3ccccc3s2)c1. The molecule has 1 amide bonds. The van der Waals surface area contributed by atoms with Gasteiger partial charge in [-0.25, -0.2) is 4.98 Å². The number of carbonyl (C=O) groups is 1. The van der Waals surface area contributed by atoms with Crippen LogP contribution >= 0.6 is 11.3 Å². The average molecular weight is 475 g/mol. The Morgan fingerprint density at radius 3 is 2.62 bits per heavy atom. The van der Waals surface area contributed by atoms with Crippen LogP contribution in [0.25, 0.3) is 10.2 Å². The summed E-state index contributed by atoms with van der Waals surface area (Å²) in [5, 5.41) is 12.4. The predicted octanol–water partition coefficient (Wildman–Crippen LogP) is 5.79. The molecule has 0 N–H and O–H groups in total. The molecule has 0 atom stereocenters. The first-order valence-corrected chi connectivity index (χ1v) is 11.7. The van der Waals surface area contributed by atoms with Gasteiger partial charge in [0.2, 0.25) is 0 Å². The van der Waals surface area contributed by atoms with E-state index in [2.05, 4.69) is 4.98 Å². The van der Waals surface area contributed by atoms with Crippen molar-refractivity contribution in [2.45, 2.75) is 12.8 Å². The van der Waals surface area contributed by atoms with Gasteiger partial charge >= 0.3 is 0 Å². The van der Waals surface area contributed by atoms with E-state index in [0.717, 1.165) is 36.1 Å². The van der Waals surface area contributed by atoms with Crippen LogP contribution < -0.4 is 14.5 Å². The van der Waals surface area contributed by atoms with Gasteiger partial charge in [0.15, 0.2) is 5.13 Å². The van der Waals surface area contributed by atoms with Gasteiger partial charge in [-0.2, -0.15) is 0 Å². The van der Waals surface area contributed by atoms with E-state index in [-0.39, 0.29) is 11.3 Å². The molecular weight excluding hydrogens is 452 g/mol. The molecule has 4 aromatic rings. The molecule has 0 radical (unpaired) electrons. The third kappa shape index (κ3) is 4.06. The van der Waals surface area contributed by atoms with Crippen LogP contribution in [0, 0.1) is 10.1 Å². The molecule has 0 bridgehead atoms. The second kappa shape index (κ2) is 9.11. The highest BCUT2D eigenvalue weighted by Gasteiger charge is 2.28. The summed E-state index contributed by atoms with van der Waals surface area (Å²) in [5.41, 5.74) is 2.04. The molecule has 3 aromatic carbocycles. The molecule has 0 spiro atoms. The van der Waals surface area contributed by atoms with E-state index in [0.29, 0.717) is 22.3 Å². The number of methoxy groups -OCH3 is 1. The molecule has 0 unspecified atom stereocenters. The minimum absolute atomic E-state index is 0.0670. The standard InChI is InChI=1S/C25H22N4O4S/c1-33-19-8-6-7-18(16-19)28(25-26-20-9-2-3-10-23(20)34-25)24(30)17-11-12-21(22(15-17)29(31)32)27-13-4-5-14-27/h2-3,6-12,15-16H,4-5,13-14H2,1H3. The summed E-state index contributed by atoms with van der Waals surface area (Å²) < 4.78 is 6.30. The monoisotopic (exact) mass is 474 g/mol. The van der Waals surface area contributed by atoms with Crippen molar-refractivity contribution < 1.29 is 14.5 Å². The Balaban J connectivity index is 1.61. The van der Waals surface area contributed by atoms with Crippen molar-refractivity contribution in [3.05, 3.63) is 82.4 Å². The minimum Gasteiger partial charge on any atom is -0.497 e. The summed E-state index contributed by atoms with van der Waals surface area (Å²) >= 11 is 1.38. The van der Waals surface area contributed by atoms with E-state index in [1.54, 1.807) is 43.5 Å². The molecule has 1 fully saturated rings. The lowest BCUT2D eigenvalue weighted by atomic mass is 10.1. The molecule has 34 heavy (non-hydrogen) atoms. The number of rotatable bonds is 6. The first-order valence-electron chi connectivity index (χ1n) is 10.9. The summed E-state index contributed by atoms with van der Waals surface area (Å²) in [6, 6.07) is 19.5. The van der Waals surface area contributed by atoms with E-state index in [4.69, 9.17) is 4.74 Å². The van der Waals surface area contributed by atoms with Gasteiger partial charge in [0, 0.05) is 30.8 Å². The lowest BCUT2D eigenvalue weighted by Crippen LogP contribution is -2.26. The maximum Gasteiger partial charge on any atom is 0.293 e. The lowest BCUT2D eigenvalue weighted by Gasteiger charge is -2.22. The zero-order valence-electron chi connectivity index (χ0n) is 18.5. The maximum absolute atomic E-state index is 13.8. The number of thiazole rings is 1. The first-order chi connectivity index (χ1) is 16.5. The second-order valence-corrected chi connectivity index (χ2v) is 8.97. The van der Waals surface area contributed by atoms with E-state index >= 15 is 0 Å². The number of anilines is 3. The maximum atomic E-state index is 13.8. The highest BCUT2D eigenvalue weighted by atomic mass is 32.1. The molecule has 1 saturated heterocycles. The van der Waals surface area contributed by atoms with Crippen molar-refractivity contribution in [1.29, 1.82) is 0 Å². The zero-order chi connectivity index (χ0) is 23.7. The molecule has 2 heterocycles. The first kappa shape index (κ1) is 21.8. The Morgan fingerprint density at radius 1 is 1.09 bits per heavy atom. The topological polar surface area (TPSA) is 88.8 Å². The zero-order valence-corrected chi connectivity index (χ0v) is 19.3. The summed E-state index contributed by atoms with van der Waals surface area (Å²) in [4.78, 5) is 33.5. The number of benzene rings is 3. The van der Waals surface area contributed by atoms with Crippen LogP contribution in [0.2, 0.25) is 0 Å². The van der Waals surface area contributed by atoms with Crippen LogP contribution in [0.5, 0.6) is 5.75 Å². The lowest BCUT2D eigenvalue weighted by molar-refractivity contribution is -0.384. The Hall–Kier alpha value is -3.98. The van der Waals surface area contributed by atoms with Gasteiger partial charge in [0.1, 0.15) is 11.4 Å².